The topological polar surface area (TPSA) is 11.4 Å². The molecule has 0 saturated carbocycles. The first-order chi connectivity index (χ1) is 40.4. The van der Waals surface area contributed by atoms with Crippen LogP contribution in [0.1, 0.15) is 26.3 Å². The van der Waals surface area contributed by atoms with Crippen molar-refractivity contribution in [2.75, 3.05) is 9.80 Å². The number of aromatic nitrogens is 1. The first kappa shape index (κ1) is 47.8. The van der Waals surface area contributed by atoms with Crippen LogP contribution in [-0.4, -0.2) is 11.3 Å². The maximum atomic E-state index is 2.63. The Labute approximate surface area is 479 Å². The second-order valence-corrected chi connectivity index (χ2v) is 23.1. The maximum Gasteiger partial charge on any atom is 0.252 e. The molecule has 2 aliphatic heterocycles. The predicted octanol–water partition coefficient (Wildman–Crippen LogP) is 19.1. The summed E-state index contributed by atoms with van der Waals surface area (Å²) in [5.74, 6) is 0. The largest absolute Gasteiger partial charge is 0.311 e. The zero-order valence-electron chi connectivity index (χ0n) is 46.1. The van der Waals surface area contributed by atoms with Gasteiger partial charge in [-0.15, -0.1) is 0 Å². The van der Waals surface area contributed by atoms with E-state index in [1.54, 1.807) is 0 Å². The van der Waals surface area contributed by atoms with E-state index in [0.29, 0.717) is 0 Å². The van der Waals surface area contributed by atoms with Crippen molar-refractivity contribution in [2.45, 2.75) is 26.2 Å². The first-order valence-corrected chi connectivity index (χ1v) is 28.7. The second-order valence-electron chi connectivity index (χ2n) is 23.1. The molecule has 0 aliphatic carbocycles. The van der Waals surface area contributed by atoms with Gasteiger partial charge in [-0.2, -0.15) is 0 Å². The minimum Gasteiger partial charge on any atom is -0.311 e. The lowest BCUT2D eigenvalue weighted by Gasteiger charge is -2.46. The second kappa shape index (κ2) is 18.7. The third-order valence-electron chi connectivity index (χ3n) is 17.5. The smallest absolute Gasteiger partial charge is 0.252 e. The molecule has 0 unspecified atom stereocenters. The SMILES string of the molecule is CC(C)(C)c1cc2c3c(c1)N(c1ccccc1-c1ccccc1)c1cc(-c4c5ccccc5c(-n5c6ccccc6c6ccccc65)c5ccccc45)ccc1B3c1cc(-c3ccccc3)ccc1N2c1ccccc1-c1ccccc1. The van der Waals surface area contributed by atoms with Crippen molar-refractivity contribution in [3.05, 3.63) is 291 Å². The first-order valence-electron chi connectivity index (χ1n) is 28.7. The molecule has 1 aromatic heterocycles. The molecule has 14 aromatic rings. The normalized spacial score (nSPS) is 12.7. The number of anilines is 6. The van der Waals surface area contributed by atoms with Gasteiger partial charge in [0.15, 0.2) is 0 Å². The van der Waals surface area contributed by atoms with Gasteiger partial charge in [0.25, 0.3) is 6.71 Å². The van der Waals surface area contributed by atoms with E-state index in [1.807, 2.05) is 0 Å². The predicted molar refractivity (Wildman–Crippen MR) is 350 cm³/mol. The average molecular weight is 1050 g/mol. The van der Waals surface area contributed by atoms with Crippen LogP contribution < -0.4 is 26.2 Å². The molecular weight excluding hydrogens is 990 g/mol. The molecule has 4 heteroatoms. The Morgan fingerprint density at radius 2 is 0.732 bits per heavy atom. The Bertz CT molecular complexity index is 4750. The molecule has 13 aromatic carbocycles. The molecular formula is C78H56BN3. The number of fused-ring (bicyclic) bond motifs is 9. The highest BCUT2D eigenvalue weighted by atomic mass is 15.2. The van der Waals surface area contributed by atoms with Gasteiger partial charge in [-0.1, -0.05) is 257 Å². The highest BCUT2D eigenvalue weighted by molar-refractivity contribution is 7.00. The summed E-state index contributed by atoms with van der Waals surface area (Å²) >= 11 is 0. The summed E-state index contributed by atoms with van der Waals surface area (Å²) in [7, 11) is 0. The lowest BCUT2D eigenvalue weighted by molar-refractivity contribution is 0.590. The lowest BCUT2D eigenvalue weighted by Crippen LogP contribution is -2.61. The third kappa shape index (κ3) is 7.38. The summed E-state index contributed by atoms with van der Waals surface area (Å²) < 4.78 is 2.52. The fourth-order valence-electron chi connectivity index (χ4n) is 13.8. The van der Waals surface area contributed by atoms with Crippen LogP contribution in [0.3, 0.4) is 0 Å². The zero-order chi connectivity index (χ0) is 54.6. The molecule has 0 spiro atoms. The van der Waals surface area contributed by atoms with Crippen molar-refractivity contribution in [3.63, 3.8) is 0 Å². The highest BCUT2D eigenvalue weighted by Crippen LogP contribution is 2.52. The Hall–Kier alpha value is -10.2. The summed E-state index contributed by atoms with van der Waals surface area (Å²) in [5.41, 5.74) is 25.0. The molecule has 16 rings (SSSR count). The number of nitrogens with zero attached hydrogens (tertiary/aromatic N) is 3. The van der Waals surface area contributed by atoms with E-state index >= 15 is 0 Å². The Kier molecular flexibility index (Phi) is 10.9. The van der Waals surface area contributed by atoms with E-state index in [-0.39, 0.29) is 12.1 Å². The fourth-order valence-corrected chi connectivity index (χ4v) is 13.8. The monoisotopic (exact) mass is 1050 g/mol. The van der Waals surface area contributed by atoms with Crippen LogP contribution in [0.15, 0.2) is 285 Å². The fraction of sp³-hybridized carbons (Fsp3) is 0.0513. The van der Waals surface area contributed by atoms with E-state index in [1.165, 1.54) is 138 Å². The standard InChI is InChI=1S/C78H56BN3/c1-78(2,3)56-49-73-76-74(50-56)81(68-40-22-18-32-58(68)53-29-11-6-12-30-53)72-48-55(75-61-35-13-15-37-63(61)77(64-38-16-14-36-62(64)75)82-69-41-23-19-33-59(69)60-34-20-24-42-70(60)82)43-45-65(72)79(76)66-47-54(51-25-7-4-8-26-51)44-46-71(66)80(73)67-39-21-17-31-57(67)52-27-9-5-10-28-52/h4-50H,1-3H3. The molecule has 0 atom stereocenters. The molecule has 0 saturated heterocycles. The van der Waals surface area contributed by atoms with Crippen molar-refractivity contribution >= 4 is 101 Å². The molecule has 0 N–H and O–H groups in total. The number of hydrogen-bond donors (Lipinski definition) is 0. The van der Waals surface area contributed by atoms with Gasteiger partial charge in [0, 0.05) is 55.4 Å². The summed E-state index contributed by atoms with van der Waals surface area (Å²) in [5, 5.41) is 7.35. The van der Waals surface area contributed by atoms with Crippen LogP contribution in [0.5, 0.6) is 0 Å². The van der Waals surface area contributed by atoms with Crippen molar-refractivity contribution in [1.82, 2.24) is 4.57 Å². The zero-order valence-corrected chi connectivity index (χ0v) is 46.1. The number of rotatable bonds is 7. The van der Waals surface area contributed by atoms with Crippen molar-refractivity contribution in [1.29, 1.82) is 0 Å². The number of hydrogen-bond acceptors (Lipinski definition) is 2. The Morgan fingerprint density at radius 1 is 0.293 bits per heavy atom. The van der Waals surface area contributed by atoms with Gasteiger partial charge in [0.2, 0.25) is 0 Å². The summed E-state index contributed by atoms with van der Waals surface area (Å²) in [6, 6.07) is 106. The van der Waals surface area contributed by atoms with E-state index in [4.69, 9.17) is 0 Å². The van der Waals surface area contributed by atoms with Gasteiger partial charge < -0.3 is 14.4 Å². The lowest BCUT2D eigenvalue weighted by atomic mass is 9.33. The third-order valence-corrected chi connectivity index (χ3v) is 17.5. The van der Waals surface area contributed by atoms with Crippen LogP contribution in [0.25, 0.3) is 93.5 Å². The van der Waals surface area contributed by atoms with Gasteiger partial charge >= 0.3 is 0 Å². The van der Waals surface area contributed by atoms with Crippen molar-refractivity contribution in [2.24, 2.45) is 0 Å². The van der Waals surface area contributed by atoms with Crippen molar-refractivity contribution in [3.8, 4) is 50.2 Å². The molecule has 0 bridgehead atoms. The molecule has 0 amide bonds. The molecule has 3 nitrogen and oxygen atoms in total. The van der Waals surface area contributed by atoms with E-state index < -0.39 is 0 Å². The minimum absolute atomic E-state index is 0.117. The van der Waals surface area contributed by atoms with Gasteiger partial charge in [-0.05, 0) is 120 Å². The van der Waals surface area contributed by atoms with Crippen molar-refractivity contribution < 1.29 is 0 Å². The van der Waals surface area contributed by atoms with Crippen LogP contribution in [0.2, 0.25) is 0 Å². The quantitative estimate of drug-likeness (QED) is 0.116. The van der Waals surface area contributed by atoms with Crippen LogP contribution in [0.4, 0.5) is 34.1 Å². The molecule has 2 aliphatic rings. The molecule has 0 radical (unpaired) electrons. The molecule has 0 fully saturated rings. The molecule has 82 heavy (non-hydrogen) atoms. The highest BCUT2D eigenvalue weighted by Gasteiger charge is 2.45. The maximum absolute atomic E-state index is 2.63. The Balaban J connectivity index is 1.02. The summed E-state index contributed by atoms with van der Waals surface area (Å²) in [4.78, 5) is 5.23. The summed E-state index contributed by atoms with van der Waals surface area (Å²) in [6.07, 6.45) is 0. The van der Waals surface area contributed by atoms with Crippen LogP contribution >= 0.6 is 0 Å². The van der Waals surface area contributed by atoms with Gasteiger partial charge in [0.05, 0.1) is 28.1 Å². The number of benzene rings is 13. The van der Waals surface area contributed by atoms with Crippen LogP contribution in [-0.2, 0) is 5.41 Å². The van der Waals surface area contributed by atoms with Gasteiger partial charge in [0.1, 0.15) is 0 Å². The summed E-state index contributed by atoms with van der Waals surface area (Å²) in [6.45, 7) is 6.97. The minimum atomic E-state index is -0.203. The molecule has 3 heterocycles. The van der Waals surface area contributed by atoms with E-state index in [0.717, 1.165) is 11.4 Å². The Morgan fingerprint density at radius 3 is 1.27 bits per heavy atom. The van der Waals surface area contributed by atoms with Gasteiger partial charge in [-0.25, -0.2) is 0 Å². The van der Waals surface area contributed by atoms with E-state index in [9.17, 15) is 0 Å². The van der Waals surface area contributed by atoms with Gasteiger partial charge in [-0.3, -0.25) is 0 Å². The molecule has 386 valence electrons. The number of para-hydroxylation sites is 4. The average Bonchev–Trinajstić information content (AvgIpc) is 4.02. The van der Waals surface area contributed by atoms with Crippen LogP contribution in [0, 0.1) is 0 Å². The van der Waals surface area contributed by atoms with E-state index in [2.05, 4.69) is 320 Å².